The maximum Gasteiger partial charge on any atom is 0.155 e. The Morgan fingerprint density at radius 2 is 1.85 bits per heavy atom. The van der Waals surface area contributed by atoms with E-state index in [0.717, 1.165) is 12.8 Å². The maximum atomic E-state index is 11.2. The van der Waals surface area contributed by atoms with Crippen molar-refractivity contribution in [1.29, 1.82) is 0 Å². The first-order chi connectivity index (χ1) is 6.36. The number of carbonyl (C=O) groups is 1. The lowest BCUT2D eigenvalue weighted by atomic mass is 9.97. The van der Waals surface area contributed by atoms with Crippen LogP contribution in [0.15, 0.2) is 30.3 Å². The quantitative estimate of drug-likeness (QED) is 0.588. The molecule has 0 aliphatic heterocycles. The highest BCUT2D eigenvalue weighted by Crippen LogP contribution is 2.16. The van der Waals surface area contributed by atoms with E-state index in [1.165, 1.54) is 11.1 Å². The Kier molecular flexibility index (Phi) is 2.26. The molecule has 0 spiro atoms. The Bertz CT molecular complexity index is 350. The van der Waals surface area contributed by atoms with Crippen molar-refractivity contribution < 1.29 is 4.79 Å². The average molecular weight is 172 g/mol. The highest BCUT2D eigenvalue weighted by Gasteiger charge is 2.04. The Morgan fingerprint density at radius 3 is 2.77 bits per heavy atom. The van der Waals surface area contributed by atoms with Gasteiger partial charge in [0.25, 0.3) is 0 Å². The molecule has 1 aliphatic carbocycles. The van der Waals surface area contributed by atoms with E-state index in [1.807, 2.05) is 12.1 Å². The summed E-state index contributed by atoms with van der Waals surface area (Å²) in [4.78, 5) is 11.2. The van der Waals surface area contributed by atoms with E-state index in [9.17, 15) is 4.79 Å². The molecule has 0 atom stereocenters. The molecule has 0 saturated carbocycles. The Morgan fingerprint density at radius 1 is 1.00 bits per heavy atom. The van der Waals surface area contributed by atoms with Gasteiger partial charge in [0.05, 0.1) is 0 Å². The normalized spacial score (nSPS) is 18.6. The average Bonchev–Trinajstić information content (AvgIpc) is 2.13. The third kappa shape index (κ3) is 1.86. The van der Waals surface area contributed by atoms with Crippen molar-refractivity contribution in [1.82, 2.24) is 0 Å². The van der Waals surface area contributed by atoms with Gasteiger partial charge >= 0.3 is 0 Å². The molecule has 66 valence electrons. The van der Waals surface area contributed by atoms with Gasteiger partial charge in [-0.3, -0.25) is 4.79 Å². The summed E-state index contributed by atoms with van der Waals surface area (Å²) in [6.45, 7) is 0. The monoisotopic (exact) mass is 172 g/mol. The number of allylic oxidation sites excluding steroid dienone is 1. The number of benzene rings is 1. The topological polar surface area (TPSA) is 17.1 Å². The summed E-state index contributed by atoms with van der Waals surface area (Å²) in [5.41, 5.74) is 2.54. The van der Waals surface area contributed by atoms with E-state index in [2.05, 4.69) is 18.2 Å². The van der Waals surface area contributed by atoms with E-state index >= 15 is 0 Å². The summed E-state index contributed by atoms with van der Waals surface area (Å²) in [5.74, 6) is 0.245. The fraction of sp³-hybridized carbons (Fsp3) is 0.250. The van der Waals surface area contributed by atoms with Crippen LogP contribution in [0.5, 0.6) is 0 Å². The molecule has 0 saturated heterocycles. The minimum atomic E-state index is 0.245. The molecule has 0 heterocycles. The van der Waals surface area contributed by atoms with Crippen LogP contribution in [0, 0.1) is 0 Å². The molecule has 0 aromatic heterocycles. The third-order valence-corrected chi connectivity index (χ3v) is 2.37. The molecule has 13 heavy (non-hydrogen) atoms. The lowest BCUT2D eigenvalue weighted by Crippen LogP contribution is -1.99. The number of rotatable bonds is 0. The SMILES string of the molecule is O=C1/C=C\c2ccccc2CCC1. The summed E-state index contributed by atoms with van der Waals surface area (Å²) in [5, 5.41) is 0. The van der Waals surface area contributed by atoms with E-state index in [-0.39, 0.29) is 5.78 Å². The zero-order chi connectivity index (χ0) is 9.10. The maximum absolute atomic E-state index is 11.2. The predicted molar refractivity (Wildman–Crippen MR) is 53.4 cm³/mol. The summed E-state index contributed by atoms with van der Waals surface area (Å²) < 4.78 is 0. The first-order valence-electron chi connectivity index (χ1n) is 4.65. The predicted octanol–water partition coefficient (Wildman–Crippen LogP) is 2.61. The van der Waals surface area contributed by atoms with Crippen LogP contribution in [0.2, 0.25) is 0 Å². The molecular weight excluding hydrogens is 160 g/mol. The molecule has 0 radical (unpaired) electrons. The second kappa shape index (κ2) is 3.56. The summed E-state index contributed by atoms with van der Waals surface area (Å²) >= 11 is 0. The first kappa shape index (κ1) is 8.24. The molecule has 1 heteroatoms. The van der Waals surface area contributed by atoms with Crippen molar-refractivity contribution in [3.05, 3.63) is 41.5 Å². The number of fused-ring (bicyclic) bond motifs is 1. The summed E-state index contributed by atoms with van der Waals surface area (Å²) in [6, 6.07) is 8.26. The molecule has 2 rings (SSSR count). The van der Waals surface area contributed by atoms with Gasteiger partial charge in [0.2, 0.25) is 0 Å². The Labute approximate surface area is 78.1 Å². The van der Waals surface area contributed by atoms with Gasteiger partial charge in [-0.15, -0.1) is 0 Å². The fourth-order valence-corrected chi connectivity index (χ4v) is 1.64. The van der Waals surface area contributed by atoms with Crippen molar-refractivity contribution >= 4 is 11.9 Å². The van der Waals surface area contributed by atoms with Crippen LogP contribution in [-0.2, 0) is 11.2 Å². The highest BCUT2D eigenvalue weighted by atomic mass is 16.1. The summed E-state index contributed by atoms with van der Waals surface area (Å²) in [7, 11) is 0. The van der Waals surface area contributed by atoms with E-state index in [4.69, 9.17) is 0 Å². The van der Waals surface area contributed by atoms with Gasteiger partial charge in [-0.2, -0.15) is 0 Å². The van der Waals surface area contributed by atoms with Gasteiger partial charge in [-0.1, -0.05) is 30.3 Å². The van der Waals surface area contributed by atoms with Crippen molar-refractivity contribution in [3.8, 4) is 0 Å². The molecule has 0 amide bonds. The van der Waals surface area contributed by atoms with E-state index < -0.39 is 0 Å². The van der Waals surface area contributed by atoms with Crippen molar-refractivity contribution in [3.63, 3.8) is 0 Å². The van der Waals surface area contributed by atoms with Gasteiger partial charge in [-0.05, 0) is 30.0 Å². The van der Waals surface area contributed by atoms with Crippen LogP contribution in [0.4, 0.5) is 0 Å². The van der Waals surface area contributed by atoms with Gasteiger partial charge in [0.15, 0.2) is 5.78 Å². The van der Waals surface area contributed by atoms with Crippen LogP contribution >= 0.6 is 0 Å². The standard InChI is InChI=1S/C12H12O/c13-12-7-3-6-10-4-1-2-5-11(10)8-9-12/h1-2,4-5,8-9H,3,6-7H2/b9-8-. The van der Waals surface area contributed by atoms with Gasteiger partial charge in [-0.25, -0.2) is 0 Å². The number of hydrogen-bond donors (Lipinski definition) is 0. The highest BCUT2D eigenvalue weighted by molar-refractivity contribution is 5.94. The number of ketones is 1. The molecule has 1 aromatic carbocycles. The summed E-state index contributed by atoms with van der Waals surface area (Å²) in [6.07, 6.45) is 6.30. The van der Waals surface area contributed by atoms with Crippen LogP contribution in [0.1, 0.15) is 24.0 Å². The van der Waals surface area contributed by atoms with Crippen LogP contribution in [0.3, 0.4) is 0 Å². The van der Waals surface area contributed by atoms with Gasteiger partial charge in [0, 0.05) is 6.42 Å². The lowest BCUT2D eigenvalue weighted by Gasteiger charge is -2.07. The lowest BCUT2D eigenvalue weighted by molar-refractivity contribution is -0.114. The third-order valence-electron chi connectivity index (χ3n) is 2.37. The second-order valence-corrected chi connectivity index (χ2v) is 3.35. The van der Waals surface area contributed by atoms with Crippen molar-refractivity contribution in [2.75, 3.05) is 0 Å². The van der Waals surface area contributed by atoms with Crippen molar-refractivity contribution in [2.45, 2.75) is 19.3 Å². The molecule has 1 aromatic rings. The zero-order valence-corrected chi connectivity index (χ0v) is 7.49. The number of carbonyl (C=O) groups excluding carboxylic acids is 1. The van der Waals surface area contributed by atoms with Crippen molar-refractivity contribution in [2.24, 2.45) is 0 Å². The number of hydrogen-bond acceptors (Lipinski definition) is 1. The van der Waals surface area contributed by atoms with Gasteiger partial charge in [0.1, 0.15) is 0 Å². The second-order valence-electron chi connectivity index (χ2n) is 3.35. The molecule has 0 bridgehead atoms. The van der Waals surface area contributed by atoms with Gasteiger partial charge < -0.3 is 0 Å². The van der Waals surface area contributed by atoms with Crippen LogP contribution in [-0.4, -0.2) is 5.78 Å². The molecule has 0 unspecified atom stereocenters. The molecule has 1 aliphatic rings. The van der Waals surface area contributed by atoms with Crippen LogP contribution in [0.25, 0.3) is 6.08 Å². The Balaban J connectivity index is 2.39. The molecular formula is C12H12O. The number of aryl methyl sites for hydroxylation is 1. The molecule has 1 nitrogen and oxygen atoms in total. The minimum Gasteiger partial charge on any atom is -0.295 e. The Hall–Kier alpha value is -1.37. The minimum absolute atomic E-state index is 0.245. The first-order valence-corrected chi connectivity index (χ1v) is 4.65. The van der Waals surface area contributed by atoms with Crippen LogP contribution < -0.4 is 0 Å². The zero-order valence-electron chi connectivity index (χ0n) is 7.49. The molecule has 0 N–H and O–H groups in total. The smallest absolute Gasteiger partial charge is 0.155 e. The van der Waals surface area contributed by atoms with E-state index in [1.54, 1.807) is 6.08 Å². The largest absolute Gasteiger partial charge is 0.295 e. The molecule has 0 fully saturated rings. The fourth-order valence-electron chi connectivity index (χ4n) is 1.64. The van der Waals surface area contributed by atoms with E-state index in [0.29, 0.717) is 6.42 Å².